The van der Waals surface area contributed by atoms with Gasteiger partial charge in [0.2, 0.25) is 0 Å². The third kappa shape index (κ3) is 4.95. The fourth-order valence-corrected chi connectivity index (χ4v) is 3.11. The van der Waals surface area contributed by atoms with E-state index in [2.05, 4.69) is 36.5 Å². The van der Waals surface area contributed by atoms with Crippen LogP contribution in [-0.2, 0) is 6.54 Å². The minimum atomic E-state index is -4.39. The molecular formula is C22H22F3NO2. The number of hydrogen-bond acceptors (Lipinski definition) is 3. The molecule has 0 aromatic heterocycles. The molecule has 0 saturated heterocycles. The summed E-state index contributed by atoms with van der Waals surface area (Å²) in [6, 6.07) is 19.4. The smallest absolute Gasteiger partial charge is 0.422 e. The third-order valence-corrected chi connectivity index (χ3v) is 4.52. The number of halogens is 3. The van der Waals surface area contributed by atoms with Gasteiger partial charge < -0.3 is 14.8 Å². The highest BCUT2D eigenvalue weighted by Crippen LogP contribution is 2.30. The Labute approximate surface area is 162 Å². The maximum absolute atomic E-state index is 12.4. The summed E-state index contributed by atoms with van der Waals surface area (Å²) in [6.45, 7) is 1.28. The second-order valence-electron chi connectivity index (χ2n) is 6.56. The molecule has 148 valence electrons. The third-order valence-electron chi connectivity index (χ3n) is 4.52. The average molecular weight is 389 g/mol. The summed E-state index contributed by atoms with van der Waals surface area (Å²) < 4.78 is 47.1. The Hall–Kier alpha value is -2.73. The lowest BCUT2D eigenvalue weighted by Gasteiger charge is -2.18. The van der Waals surface area contributed by atoms with Crippen molar-refractivity contribution >= 4 is 10.8 Å². The number of nitrogens with one attached hydrogen (secondary N) is 1. The zero-order valence-electron chi connectivity index (χ0n) is 15.7. The van der Waals surface area contributed by atoms with Crippen molar-refractivity contribution in [3.63, 3.8) is 0 Å². The normalized spacial score (nSPS) is 12.8. The summed E-state index contributed by atoms with van der Waals surface area (Å²) in [5.41, 5.74) is 2.08. The van der Waals surface area contributed by atoms with Gasteiger partial charge in [-0.05, 0) is 41.0 Å². The van der Waals surface area contributed by atoms with Gasteiger partial charge in [0.05, 0.1) is 7.11 Å². The van der Waals surface area contributed by atoms with Gasteiger partial charge in [-0.15, -0.1) is 0 Å². The molecule has 1 atom stereocenters. The largest absolute Gasteiger partial charge is 0.493 e. The molecule has 0 aliphatic heterocycles. The molecule has 0 aliphatic rings. The maximum atomic E-state index is 12.4. The highest BCUT2D eigenvalue weighted by Gasteiger charge is 2.29. The Morgan fingerprint density at radius 1 is 0.964 bits per heavy atom. The van der Waals surface area contributed by atoms with Crippen LogP contribution >= 0.6 is 0 Å². The van der Waals surface area contributed by atoms with Crippen molar-refractivity contribution in [1.82, 2.24) is 5.32 Å². The average Bonchev–Trinajstić information content (AvgIpc) is 2.69. The summed E-state index contributed by atoms with van der Waals surface area (Å²) in [4.78, 5) is 0. The number of methoxy groups -OCH3 is 1. The summed E-state index contributed by atoms with van der Waals surface area (Å²) in [5, 5.41) is 5.83. The maximum Gasteiger partial charge on any atom is 0.422 e. The van der Waals surface area contributed by atoms with Gasteiger partial charge in [-0.1, -0.05) is 48.5 Å². The first-order chi connectivity index (χ1) is 13.4. The lowest BCUT2D eigenvalue weighted by molar-refractivity contribution is -0.153. The van der Waals surface area contributed by atoms with Gasteiger partial charge in [-0.2, -0.15) is 13.2 Å². The minimum absolute atomic E-state index is 0.0747. The van der Waals surface area contributed by atoms with Crippen molar-refractivity contribution in [2.75, 3.05) is 13.7 Å². The van der Waals surface area contributed by atoms with Crippen LogP contribution in [0.5, 0.6) is 11.5 Å². The number of fused-ring (bicyclic) bond motifs is 1. The van der Waals surface area contributed by atoms with Crippen molar-refractivity contribution < 1.29 is 22.6 Å². The van der Waals surface area contributed by atoms with E-state index in [0.717, 1.165) is 5.56 Å². The monoisotopic (exact) mass is 389 g/mol. The molecule has 1 N–H and O–H groups in total. The first kappa shape index (κ1) is 20.0. The zero-order valence-corrected chi connectivity index (χ0v) is 15.7. The second kappa shape index (κ2) is 8.52. The number of alkyl halides is 3. The van der Waals surface area contributed by atoms with Crippen LogP contribution in [0.2, 0.25) is 0 Å². The van der Waals surface area contributed by atoms with Gasteiger partial charge in [0.1, 0.15) is 0 Å². The molecule has 3 aromatic carbocycles. The van der Waals surface area contributed by atoms with Crippen LogP contribution in [0.25, 0.3) is 10.8 Å². The lowest BCUT2D eigenvalue weighted by atomic mass is 9.99. The molecule has 3 nitrogen and oxygen atoms in total. The van der Waals surface area contributed by atoms with E-state index in [9.17, 15) is 13.2 Å². The second-order valence-corrected chi connectivity index (χ2v) is 6.56. The van der Waals surface area contributed by atoms with Crippen molar-refractivity contribution in [3.05, 3.63) is 71.8 Å². The van der Waals surface area contributed by atoms with Gasteiger partial charge in [0.15, 0.2) is 18.1 Å². The van der Waals surface area contributed by atoms with Crippen LogP contribution in [0.15, 0.2) is 60.7 Å². The number of benzene rings is 3. The van der Waals surface area contributed by atoms with Crippen LogP contribution in [0.3, 0.4) is 0 Å². The Morgan fingerprint density at radius 3 is 2.46 bits per heavy atom. The van der Waals surface area contributed by atoms with Gasteiger partial charge >= 0.3 is 6.18 Å². The molecule has 0 radical (unpaired) electrons. The number of rotatable bonds is 7. The van der Waals surface area contributed by atoms with Crippen molar-refractivity contribution in [2.45, 2.75) is 25.7 Å². The minimum Gasteiger partial charge on any atom is -0.493 e. The van der Waals surface area contributed by atoms with Gasteiger partial charge in [0.25, 0.3) is 0 Å². The molecule has 0 amide bonds. The van der Waals surface area contributed by atoms with Gasteiger partial charge in [-0.25, -0.2) is 0 Å². The Bertz CT molecular complexity index is 935. The Kier molecular flexibility index (Phi) is 6.09. The van der Waals surface area contributed by atoms with E-state index in [1.165, 1.54) is 29.5 Å². The Balaban J connectivity index is 1.70. The molecule has 0 bridgehead atoms. The zero-order chi connectivity index (χ0) is 20.1. The predicted molar refractivity (Wildman–Crippen MR) is 104 cm³/mol. The van der Waals surface area contributed by atoms with Crippen LogP contribution < -0.4 is 14.8 Å². The van der Waals surface area contributed by atoms with Crippen LogP contribution in [0, 0.1) is 0 Å². The summed E-state index contributed by atoms with van der Waals surface area (Å²) in [7, 11) is 1.41. The van der Waals surface area contributed by atoms with E-state index in [-0.39, 0.29) is 17.5 Å². The highest BCUT2D eigenvalue weighted by molar-refractivity contribution is 5.86. The van der Waals surface area contributed by atoms with E-state index in [1.807, 2.05) is 18.2 Å². The molecule has 0 heterocycles. The molecular weight excluding hydrogens is 367 g/mol. The first-order valence-corrected chi connectivity index (χ1v) is 8.95. The van der Waals surface area contributed by atoms with Crippen molar-refractivity contribution in [3.8, 4) is 11.5 Å². The SMILES string of the molecule is COc1cc(CNC(C)c2cccc3ccccc23)ccc1OCC(F)(F)F. The van der Waals surface area contributed by atoms with Crippen LogP contribution in [0.1, 0.15) is 24.1 Å². The predicted octanol–water partition coefficient (Wildman–Crippen LogP) is 5.64. The molecule has 0 spiro atoms. The summed E-state index contributed by atoms with van der Waals surface area (Å²) in [5.74, 6) is 0.354. The standard InChI is InChI=1S/C22H22F3NO2/c1-15(18-9-5-7-17-6-3-4-8-19(17)18)26-13-16-10-11-20(21(12-16)27-2)28-14-22(23,24)25/h3-12,15,26H,13-14H2,1-2H3. The summed E-state index contributed by atoms with van der Waals surface area (Å²) >= 11 is 0. The molecule has 3 rings (SSSR count). The van der Waals surface area contributed by atoms with E-state index in [0.29, 0.717) is 6.54 Å². The molecule has 3 aromatic rings. The number of ether oxygens (including phenoxy) is 2. The molecule has 1 unspecified atom stereocenters. The van der Waals surface area contributed by atoms with E-state index in [4.69, 9.17) is 9.47 Å². The molecule has 28 heavy (non-hydrogen) atoms. The van der Waals surface area contributed by atoms with Crippen molar-refractivity contribution in [2.24, 2.45) is 0 Å². The topological polar surface area (TPSA) is 30.5 Å². The first-order valence-electron chi connectivity index (χ1n) is 8.95. The van der Waals surface area contributed by atoms with E-state index in [1.54, 1.807) is 12.1 Å². The fraction of sp³-hybridized carbons (Fsp3) is 0.273. The Morgan fingerprint density at radius 2 is 1.71 bits per heavy atom. The van der Waals surface area contributed by atoms with Crippen LogP contribution in [-0.4, -0.2) is 19.9 Å². The fourth-order valence-electron chi connectivity index (χ4n) is 3.11. The van der Waals surface area contributed by atoms with Crippen LogP contribution in [0.4, 0.5) is 13.2 Å². The highest BCUT2D eigenvalue weighted by atomic mass is 19.4. The lowest BCUT2D eigenvalue weighted by Crippen LogP contribution is -2.20. The molecule has 0 fully saturated rings. The van der Waals surface area contributed by atoms with E-state index >= 15 is 0 Å². The molecule has 6 heteroatoms. The van der Waals surface area contributed by atoms with Crippen molar-refractivity contribution in [1.29, 1.82) is 0 Å². The van der Waals surface area contributed by atoms with Gasteiger partial charge in [-0.3, -0.25) is 0 Å². The van der Waals surface area contributed by atoms with Gasteiger partial charge in [0, 0.05) is 12.6 Å². The van der Waals surface area contributed by atoms with E-state index < -0.39 is 12.8 Å². The molecule has 0 aliphatic carbocycles. The summed E-state index contributed by atoms with van der Waals surface area (Å²) in [6.07, 6.45) is -4.39. The number of hydrogen-bond donors (Lipinski definition) is 1. The molecule has 0 saturated carbocycles. The quantitative estimate of drug-likeness (QED) is 0.567.